The summed E-state index contributed by atoms with van der Waals surface area (Å²) in [7, 11) is 0. The maximum Gasteiger partial charge on any atom is 0.325 e. The molecule has 3 rings (SSSR count). The van der Waals surface area contributed by atoms with Crippen LogP contribution in [0.1, 0.15) is 64.2 Å². The van der Waals surface area contributed by atoms with E-state index in [-0.39, 0.29) is 42.3 Å². The highest BCUT2D eigenvalue weighted by Crippen LogP contribution is 2.40. The molecule has 0 heterocycles. The first-order valence-electron chi connectivity index (χ1n) is 9.14. The summed E-state index contributed by atoms with van der Waals surface area (Å²) in [5.41, 5.74) is 0. The van der Waals surface area contributed by atoms with Gasteiger partial charge in [0.1, 0.15) is 18.4 Å². The second-order valence-electron chi connectivity index (χ2n) is 7.36. The molecule has 0 spiro atoms. The Labute approximate surface area is 137 Å². The molecule has 3 aliphatic rings. The van der Waals surface area contributed by atoms with Crippen molar-refractivity contribution in [3.05, 3.63) is 0 Å². The highest BCUT2D eigenvalue weighted by molar-refractivity contribution is 5.89. The van der Waals surface area contributed by atoms with Gasteiger partial charge in [-0.15, -0.1) is 0 Å². The van der Waals surface area contributed by atoms with Gasteiger partial charge in [-0.2, -0.15) is 0 Å². The zero-order valence-electron chi connectivity index (χ0n) is 13.7. The summed E-state index contributed by atoms with van der Waals surface area (Å²) in [5, 5.41) is 2.72. The summed E-state index contributed by atoms with van der Waals surface area (Å²) < 4.78 is 5.41. The first-order chi connectivity index (χ1) is 11.1. The fraction of sp³-hybridized carbons (Fsp3) is 0.833. The Morgan fingerprint density at radius 3 is 2.26 bits per heavy atom. The monoisotopic (exact) mass is 321 g/mol. The molecule has 0 aromatic heterocycles. The molecular formula is C18H27NO4. The van der Waals surface area contributed by atoms with Crippen LogP contribution < -0.4 is 5.32 Å². The molecule has 23 heavy (non-hydrogen) atoms. The smallest absolute Gasteiger partial charge is 0.325 e. The Bertz CT molecular complexity index is 454. The predicted molar refractivity (Wildman–Crippen MR) is 84.5 cm³/mol. The molecule has 5 heteroatoms. The fourth-order valence-electron chi connectivity index (χ4n) is 4.41. The molecule has 128 valence electrons. The van der Waals surface area contributed by atoms with Gasteiger partial charge in [-0.25, -0.2) is 0 Å². The van der Waals surface area contributed by atoms with Crippen molar-refractivity contribution in [2.24, 2.45) is 17.8 Å². The lowest BCUT2D eigenvalue weighted by Crippen LogP contribution is -2.44. The number of nitrogens with one attached hydrogen (secondary N) is 1. The van der Waals surface area contributed by atoms with Crippen molar-refractivity contribution in [3.63, 3.8) is 0 Å². The van der Waals surface area contributed by atoms with Gasteiger partial charge in [0.05, 0.1) is 0 Å². The highest BCUT2D eigenvalue weighted by atomic mass is 16.5. The summed E-state index contributed by atoms with van der Waals surface area (Å²) in [6.07, 6.45) is 9.59. The SMILES string of the molecule is O=C(CNC(=O)C1C[C@H]2CCC[C@@H](C1)C2=O)OC1CCCCC1. The quantitative estimate of drug-likeness (QED) is 0.807. The largest absolute Gasteiger partial charge is 0.461 e. The summed E-state index contributed by atoms with van der Waals surface area (Å²) in [6.45, 7) is -0.0465. The van der Waals surface area contributed by atoms with E-state index in [0.29, 0.717) is 18.6 Å². The van der Waals surface area contributed by atoms with Gasteiger partial charge in [0, 0.05) is 17.8 Å². The minimum Gasteiger partial charge on any atom is -0.461 e. The number of amides is 1. The van der Waals surface area contributed by atoms with Gasteiger partial charge < -0.3 is 10.1 Å². The van der Waals surface area contributed by atoms with Crippen LogP contribution in [0.4, 0.5) is 0 Å². The molecule has 3 atom stereocenters. The van der Waals surface area contributed by atoms with Crippen molar-refractivity contribution in [3.8, 4) is 0 Å². The number of hydrogen-bond acceptors (Lipinski definition) is 4. The molecule has 0 aliphatic heterocycles. The Balaban J connectivity index is 1.42. The van der Waals surface area contributed by atoms with E-state index in [9.17, 15) is 14.4 Å². The Kier molecular flexibility index (Phi) is 5.34. The number of esters is 1. The molecule has 0 aromatic carbocycles. The number of fused-ring (bicyclic) bond motifs is 2. The Hall–Kier alpha value is -1.39. The summed E-state index contributed by atoms with van der Waals surface area (Å²) in [5.74, 6) is -0.0605. The van der Waals surface area contributed by atoms with Crippen molar-refractivity contribution >= 4 is 17.7 Å². The van der Waals surface area contributed by atoms with Crippen LogP contribution in [0.3, 0.4) is 0 Å². The van der Waals surface area contributed by atoms with Crippen LogP contribution >= 0.6 is 0 Å². The minimum atomic E-state index is -0.336. The van der Waals surface area contributed by atoms with Crippen molar-refractivity contribution in [2.45, 2.75) is 70.3 Å². The number of carbonyl (C=O) groups excluding carboxylic acids is 3. The van der Waals surface area contributed by atoms with Crippen LogP contribution in [-0.2, 0) is 19.1 Å². The lowest BCUT2D eigenvalue weighted by molar-refractivity contribution is -0.151. The molecule has 3 saturated carbocycles. The molecule has 3 fully saturated rings. The second-order valence-corrected chi connectivity index (χ2v) is 7.36. The standard InChI is InChI=1S/C18H27NO4/c20-16(23-15-7-2-1-3-8-15)11-19-18(22)14-9-12-5-4-6-13(10-14)17(12)21/h12-15H,1-11H2,(H,19,22)/t12-,13+,14?. The van der Waals surface area contributed by atoms with Gasteiger partial charge in [0.15, 0.2) is 0 Å². The molecule has 2 bridgehead atoms. The molecule has 0 aromatic rings. The van der Waals surface area contributed by atoms with Crippen LogP contribution in [0.25, 0.3) is 0 Å². The third kappa shape index (κ3) is 4.12. The topological polar surface area (TPSA) is 72.5 Å². The fourth-order valence-corrected chi connectivity index (χ4v) is 4.41. The molecule has 0 saturated heterocycles. The average molecular weight is 321 g/mol. The zero-order chi connectivity index (χ0) is 16.2. The van der Waals surface area contributed by atoms with Gasteiger partial charge in [-0.05, 0) is 51.4 Å². The van der Waals surface area contributed by atoms with E-state index >= 15 is 0 Å². The molecule has 1 unspecified atom stereocenters. The molecular weight excluding hydrogens is 294 g/mol. The summed E-state index contributed by atoms with van der Waals surface area (Å²) in [6, 6.07) is 0. The minimum absolute atomic E-state index is 0.0276. The third-order valence-corrected chi connectivity index (χ3v) is 5.68. The van der Waals surface area contributed by atoms with Crippen LogP contribution in [-0.4, -0.2) is 30.3 Å². The maximum atomic E-state index is 12.3. The number of rotatable bonds is 4. The molecule has 1 amide bonds. The Morgan fingerprint density at radius 1 is 0.957 bits per heavy atom. The van der Waals surface area contributed by atoms with Gasteiger partial charge in [-0.1, -0.05) is 12.8 Å². The van der Waals surface area contributed by atoms with Crippen LogP contribution in [0, 0.1) is 17.8 Å². The lowest BCUT2D eigenvalue weighted by Gasteiger charge is -2.36. The van der Waals surface area contributed by atoms with E-state index in [1.165, 1.54) is 6.42 Å². The van der Waals surface area contributed by atoms with Crippen LogP contribution in [0.5, 0.6) is 0 Å². The molecule has 0 radical (unpaired) electrons. The molecule has 5 nitrogen and oxygen atoms in total. The number of ether oxygens (including phenoxy) is 1. The number of ketones is 1. The van der Waals surface area contributed by atoms with Crippen molar-refractivity contribution in [1.82, 2.24) is 5.32 Å². The zero-order valence-corrected chi connectivity index (χ0v) is 13.7. The molecule has 1 N–H and O–H groups in total. The van der Waals surface area contributed by atoms with Crippen LogP contribution in [0.2, 0.25) is 0 Å². The maximum absolute atomic E-state index is 12.3. The van der Waals surface area contributed by atoms with E-state index in [4.69, 9.17) is 4.74 Å². The van der Waals surface area contributed by atoms with Crippen molar-refractivity contribution in [2.75, 3.05) is 6.54 Å². The van der Waals surface area contributed by atoms with E-state index in [1.807, 2.05) is 0 Å². The van der Waals surface area contributed by atoms with E-state index < -0.39 is 0 Å². The van der Waals surface area contributed by atoms with Crippen LogP contribution in [0.15, 0.2) is 0 Å². The Morgan fingerprint density at radius 2 is 1.61 bits per heavy atom. The second kappa shape index (κ2) is 7.45. The van der Waals surface area contributed by atoms with E-state index in [2.05, 4.69) is 5.32 Å². The number of Topliss-reactive ketones (excluding diaryl/α,β-unsaturated/α-hetero) is 1. The van der Waals surface area contributed by atoms with Gasteiger partial charge in [-0.3, -0.25) is 14.4 Å². The van der Waals surface area contributed by atoms with Gasteiger partial charge >= 0.3 is 5.97 Å². The van der Waals surface area contributed by atoms with Gasteiger partial charge in [0.25, 0.3) is 0 Å². The van der Waals surface area contributed by atoms with E-state index in [1.54, 1.807) is 0 Å². The predicted octanol–water partition coefficient (Wildman–Crippen LogP) is 2.37. The average Bonchev–Trinajstić information content (AvgIpc) is 2.53. The van der Waals surface area contributed by atoms with E-state index in [0.717, 1.165) is 44.9 Å². The number of carbonyl (C=O) groups is 3. The highest BCUT2D eigenvalue weighted by Gasteiger charge is 2.41. The molecule has 3 aliphatic carbocycles. The van der Waals surface area contributed by atoms with Crippen molar-refractivity contribution in [1.29, 1.82) is 0 Å². The van der Waals surface area contributed by atoms with Gasteiger partial charge in [0.2, 0.25) is 5.91 Å². The normalized spacial score (nSPS) is 31.5. The number of hydrogen-bond donors (Lipinski definition) is 1. The lowest BCUT2D eigenvalue weighted by atomic mass is 9.67. The van der Waals surface area contributed by atoms with Crippen molar-refractivity contribution < 1.29 is 19.1 Å². The summed E-state index contributed by atoms with van der Waals surface area (Å²) in [4.78, 5) is 36.2. The summed E-state index contributed by atoms with van der Waals surface area (Å²) >= 11 is 0. The first kappa shape index (κ1) is 16.5. The third-order valence-electron chi connectivity index (χ3n) is 5.68. The first-order valence-corrected chi connectivity index (χ1v) is 9.14.